The van der Waals surface area contributed by atoms with Crippen molar-refractivity contribution in [2.45, 2.75) is 32.4 Å². The van der Waals surface area contributed by atoms with E-state index in [0.717, 1.165) is 6.42 Å². The van der Waals surface area contributed by atoms with Crippen LogP contribution in [0.1, 0.15) is 19.4 Å². The Balaban J connectivity index is 2.15. The van der Waals surface area contributed by atoms with Gasteiger partial charge in [-0.05, 0) is 17.9 Å². The molecule has 0 aromatic heterocycles. The van der Waals surface area contributed by atoms with Crippen molar-refractivity contribution in [1.82, 2.24) is 9.62 Å². The third-order valence-corrected chi connectivity index (χ3v) is 5.24. The van der Waals surface area contributed by atoms with Gasteiger partial charge >= 0.3 is 0 Å². The molecule has 1 heterocycles. The summed E-state index contributed by atoms with van der Waals surface area (Å²) in [6, 6.07) is 10.3. The zero-order valence-corrected chi connectivity index (χ0v) is 13.2. The Kier molecular flexibility index (Phi) is 4.83. The largest absolute Gasteiger partial charge is 0.311 e. The van der Waals surface area contributed by atoms with E-state index in [0.29, 0.717) is 19.0 Å². The van der Waals surface area contributed by atoms with Crippen LogP contribution in [0.5, 0.6) is 0 Å². The zero-order valence-electron chi connectivity index (χ0n) is 12.4. The topological polar surface area (TPSA) is 49.4 Å². The average Bonchev–Trinajstić information content (AvgIpc) is 2.39. The molecule has 1 saturated heterocycles. The highest BCUT2D eigenvalue weighted by molar-refractivity contribution is 7.88. The molecule has 1 fully saturated rings. The van der Waals surface area contributed by atoms with Crippen LogP contribution < -0.4 is 5.32 Å². The van der Waals surface area contributed by atoms with Crippen LogP contribution in [0.2, 0.25) is 0 Å². The number of hydrogen-bond donors (Lipinski definition) is 1. The van der Waals surface area contributed by atoms with Crippen LogP contribution in [0.15, 0.2) is 30.3 Å². The highest BCUT2D eigenvalue weighted by Gasteiger charge is 2.34. The fourth-order valence-corrected chi connectivity index (χ4v) is 3.83. The van der Waals surface area contributed by atoms with Gasteiger partial charge in [0.15, 0.2) is 0 Å². The second-order valence-electron chi connectivity index (χ2n) is 5.93. The summed E-state index contributed by atoms with van der Waals surface area (Å²) in [4.78, 5) is 0. The van der Waals surface area contributed by atoms with Crippen LogP contribution in [0.3, 0.4) is 0 Å². The SMILES string of the molecule is CC(C)C1CN(S(C)(=O)=O)C(Cc2ccccc2)CN1. The molecule has 1 N–H and O–H groups in total. The Labute approximate surface area is 122 Å². The van der Waals surface area contributed by atoms with Gasteiger partial charge in [-0.3, -0.25) is 0 Å². The minimum absolute atomic E-state index is 0.00222. The molecular weight excluding hydrogens is 272 g/mol. The standard InChI is InChI=1S/C15H24N2O2S/c1-12(2)15-11-17(20(3,18)19)14(10-16-15)9-13-7-5-4-6-8-13/h4-8,12,14-16H,9-11H2,1-3H3. The number of piperazine rings is 1. The fourth-order valence-electron chi connectivity index (χ4n) is 2.71. The van der Waals surface area contributed by atoms with Gasteiger partial charge in [0, 0.05) is 25.2 Å². The van der Waals surface area contributed by atoms with Gasteiger partial charge in [0.1, 0.15) is 0 Å². The molecule has 4 nitrogen and oxygen atoms in total. The van der Waals surface area contributed by atoms with Crippen molar-refractivity contribution in [1.29, 1.82) is 0 Å². The van der Waals surface area contributed by atoms with Crippen molar-refractivity contribution >= 4 is 10.0 Å². The van der Waals surface area contributed by atoms with E-state index in [2.05, 4.69) is 31.3 Å². The first kappa shape index (κ1) is 15.5. The van der Waals surface area contributed by atoms with Crippen LogP contribution in [0.25, 0.3) is 0 Å². The number of rotatable bonds is 4. The molecule has 2 rings (SSSR count). The maximum atomic E-state index is 12.1. The van der Waals surface area contributed by atoms with Crippen molar-refractivity contribution in [2.75, 3.05) is 19.3 Å². The number of nitrogens with one attached hydrogen (secondary N) is 1. The zero-order chi connectivity index (χ0) is 14.8. The van der Waals surface area contributed by atoms with Crippen LogP contribution in [-0.4, -0.2) is 44.2 Å². The van der Waals surface area contributed by atoms with Gasteiger partial charge in [-0.1, -0.05) is 44.2 Å². The molecule has 2 atom stereocenters. The number of sulfonamides is 1. The van der Waals surface area contributed by atoms with E-state index in [1.807, 2.05) is 18.2 Å². The second-order valence-corrected chi connectivity index (χ2v) is 7.87. The Hall–Kier alpha value is -0.910. The maximum Gasteiger partial charge on any atom is 0.211 e. The molecule has 0 spiro atoms. The molecule has 0 saturated carbocycles. The van der Waals surface area contributed by atoms with E-state index in [1.54, 1.807) is 4.31 Å². The molecule has 0 amide bonds. The quantitative estimate of drug-likeness (QED) is 0.916. The van der Waals surface area contributed by atoms with Gasteiger partial charge in [-0.25, -0.2) is 8.42 Å². The Morgan fingerprint density at radius 3 is 2.50 bits per heavy atom. The van der Waals surface area contributed by atoms with Crippen LogP contribution >= 0.6 is 0 Å². The van der Waals surface area contributed by atoms with Crippen molar-refractivity contribution in [3.63, 3.8) is 0 Å². The normalized spacial score (nSPS) is 25.0. The van der Waals surface area contributed by atoms with Gasteiger partial charge in [0.2, 0.25) is 10.0 Å². The molecule has 1 aliphatic rings. The van der Waals surface area contributed by atoms with E-state index < -0.39 is 10.0 Å². The molecule has 0 aliphatic carbocycles. The molecule has 20 heavy (non-hydrogen) atoms. The first-order valence-corrected chi connectivity index (χ1v) is 8.97. The summed E-state index contributed by atoms with van der Waals surface area (Å²) in [7, 11) is -3.17. The van der Waals surface area contributed by atoms with E-state index in [1.165, 1.54) is 11.8 Å². The van der Waals surface area contributed by atoms with Crippen molar-refractivity contribution in [3.8, 4) is 0 Å². The highest BCUT2D eigenvalue weighted by atomic mass is 32.2. The minimum Gasteiger partial charge on any atom is -0.311 e. The van der Waals surface area contributed by atoms with Crippen LogP contribution in [-0.2, 0) is 16.4 Å². The molecule has 5 heteroatoms. The summed E-state index contributed by atoms with van der Waals surface area (Å²) < 4.78 is 25.8. The Morgan fingerprint density at radius 1 is 1.30 bits per heavy atom. The highest BCUT2D eigenvalue weighted by Crippen LogP contribution is 2.19. The van der Waals surface area contributed by atoms with Gasteiger partial charge in [0.25, 0.3) is 0 Å². The molecule has 1 aromatic rings. The summed E-state index contributed by atoms with van der Waals surface area (Å²) in [5.41, 5.74) is 1.18. The van der Waals surface area contributed by atoms with Crippen molar-refractivity contribution < 1.29 is 8.42 Å². The van der Waals surface area contributed by atoms with E-state index in [9.17, 15) is 8.42 Å². The minimum atomic E-state index is -3.17. The predicted molar refractivity (Wildman–Crippen MR) is 82.1 cm³/mol. The monoisotopic (exact) mass is 296 g/mol. The second kappa shape index (κ2) is 6.24. The summed E-state index contributed by atoms with van der Waals surface area (Å²) >= 11 is 0. The Bertz CT molecular complexity index is 528. The summed E-state index contributed by atoms with van der Waals surface area (Å²) in [5, 5.41) is 3.48. The summed E-state index contributed by atoms with van der Waals surface area (Å²) in [5.74, 6) is 0.428. The average molecular weight is 296 g/mol. The predicted octanol–water partition coefficient (Wildman–Crippen LogP) is 1.49. The molecule has 0 bridgehead atoms. The number of hydrogen-bond acceptors (Lipinski definition) is 3. The molecular formula is C15H24N2O2S. The summed E-state index contributed by atoms with van der Waals surface area (Å²) in [6.45, 7) is 5.52. The lowest BCUT2D eigenvalue weighted by molar-refractivity contribution is 0.195. The molecule has 1 aromatic carbocycles. The lowest BCUT2D eigenvalue weighted by Crippen LogP contribution is -2.60. The molecule has 112 valence electrons. The molecule has 2 unspecified atom stereocenters. The third kappa shape index (κ3) is 3.81. The maximum absolute atomic E-state index is 12.1. The van der Waals surface area contributed by atoms with Gasteiger partial charge in [-0.15, -0.1) is 0 Å². The molecule has 0 radical (unpaired) electrons. The smallest absolute Gasteiger partial charge is 0.211 e. The Morgan fingerprint density at radius 2 is 1.95 bits per heavy atom. The fraction of sp³-hybridized carbons (Fsp3) is 0.600. The van der Waals surface area contributed by atoms with Gasteiger partial charge in [0.05, 0.1) is 6.26 Å². The lowest BCUT2D eigenvalue weighted by Gasteiger charge is -2.40. The van der Waals surface area contributed by atoms with E-state index >= 15 is 0 Å². The summed E-state index contributed by atoms with van der Waals surface area (Å²) in [6.07, 6.45) is 2.07. The third-order valence-electron chi connectivity index (χ3n) is 3.94. The molecule has 1 aliphatic heterocycles. The van der Waals surface area contributed by atoms with E-state index in [-0.39, 0.29) is 12.1 Å². The first-order valence-electron chi connectivity index (χ1n) is 7.12. The van der Waals surface area contributed by atoms with Crippen LogP contribution in [0.4, 0.5) is 0 Å². The first-order chi connectivity index (χ1) is 9.38. The number of nitrogens with zero attached hydrogens (tertiary/aromatic N) is 1. The van der Waals surface area contributed by atoms with Gasteiger partial charge < -0.3 is 5.32 Å². The van der Waals surface area contributed by atoms with E-state index in [4.69, 9.17) is 0 Å². The van der Waals surface area contributed by atoms with Crippen molar-refractivity contribution in [3.05, 3.63) is 35.9 Å². The van der Waals surface area contributed by atoms with Crippen molar-refractivity contribution in [2.24, 2.45) is 5.92 Å². The van der Waals surface area contributed by atoms with Gasteiger partial charge in [-0.2, -0.15) is 4.31 Å². The lowest BCUT2D eigenvalue weighted by atomic mass is 9.98. The number of benzene rings is 1. The van der Waals surface area contributed by atoms with Crippen LogP contribution in [0, 0.1) is 5.92 Å².